The summed E-state index contributed by atoms with van der Waals surface area (Å²) in [7, 11) is -2.88. The summed E-state index contributed by atoms with van der Waals surface area (Å²) >= 11 is 0. The van der Waals surface area contributed by atoms with E-state index in [4.69, 9.17) is 5.73 Å². The molecule has 0 aliphatic rings. The molecule has 0 fully saturated rings. The third-order valence-corrected chi connectivity index (χ3v) is 4.60. The van der Waals surface area contributed by atoms with Gasteiger partial charge in [-0.3, -0.25) is 4.98 Å². The normalized spacial score (nSPS) is 13.6. The smallest absolute Gasteiger partial charge is 0.150 e. The van der Waals surface area contributed by atoms with E-state index in [0.717, 1.165) is 11.3 Å². The van der Waals surface area contributed by atoms with Crippen LogP contribution in [-0.4, -0.2) is 24.9 Å². The van der Waals surface area contributed by atoms with Gasteiger partial charge < -0.3 is 5.73 Å². The predicted molar refractivity (Wildman–Crippen MR) is 69.5 cm³/mol. The molecular weight excluding hydrogens is 236 g/mol. The maximum absolute atomic E-state index is 11.3. The number of hydrogen-bond donors (Lipinski definition) is 1. The molecule has 1 aromatic heterocycles. The zero-order chi connectivity index (χ0) is 12.9. The SMILES string of the molecule is CCS(=O)(=O)CCCC(N)c1ncccc1C. The van der Waals surface area contributed by atoms with Crippen molar-refractivity contribution in [2.24, 2.45) is 5.73 Å². The zero-order valence-electron chi connectivity index (χ0n) is 10.4. The van der Waals surface area contributed by atoms with Crippen molar-refractivity contribution in [3.8, 4) is 0 Å². The fourth-order valence-corrected chi connectivity index (χ4v) is 2.59. The molecule has 0 bridgehead atoms. The van der Waals surface area contributed by atoms with E-state index in [9.17, 15) is 8.42 Å². The van der Waals surface area contributed by atoms with Crippen LogP contribution < -0.4 is 5.73 Å². The summed E-state index contributed by atoms with van der Waals surface area (Å²) in [6.45, 7) is 3.63. The van der Waals surface area contributed by atoms with Crippen molar-refractivity contribution in [3.05, 3.63) is 29.6 Å². The van der Waals surface area contributed by atoms with Gasteiger partial charge in [0.1, 0.15) is 9.84 Å². The summed E-state index contributed by atoms with van der Waals surface area (Å²) in [6.07, 6.45) is 2.95. The molecule has 4 nitrogen and oxygen atoms in total. The Labute approximate surface area is 103 Å². The van der Waals surface area contributed by atoms with Gasteiger partial charge in [-0.05, 0) is 31.4 Å². The number of aryl methyl sites for hydroxylation is 1. The minimum Gasteiger partial charge on any atom is -0.323 e. The fourth-order valence-electron chi connectivity index (χ4n) is 1.69. The first-order valence-corrected chi connectivity index (χ1v) is 7.66. The average molecular weight is 256 g/mol. The maximum Gasteiger partial charge on any atom is 0.150 e. The Bertz CT molecular complexity index is 457. The quantitative estimate of drug-likeness (QED) is 0.839. The van der Waals surface area contributed by atoms with Crippen molar-refractivity contribution in [1.82, 2.24) is 4.98 Å². The lowest BCUT2D eigenvalue weighted by molar-refractivity contribution is 0.580. The van der Waals surface area contributed by atoms with Crippen LogP contribution in [0.2, 0.25) is 0 Å². The van der Waals surface area contributed by atoms with E-state index in [1.165, 1.54) is 0 Å². The number of sulfone groups is 1. The lowest BCUT2D eigenvalue weighted by Crippen LogP contribution is -2.16. The van der Waals surface area contributed by atoms with Crippen LogP contribution >= 0.6 is 0 Å². The largest absolute Gasteiger partial charge is 0.323 e. The van der Waals surface area contributed by atoms with Crippen molar-refractivity contribution in [1.29, 1.82) is 0 Å². The molecule has 0 aliphatic carbocycles. The van der Waals surface area contributed by atoms with Crippen LogP contribution in [0.3, 0.4) is 0 Å². The van der Waals surface area contributed by atoms with Crippen LogP contribution in [0, 0.1) is 6.92 Å². The first-order valence-electron chi connectivity index (χ1n) is 5.84. The minimum absolute atomic E-state index is 0.178. The van der Waals surface area contributed by atoms with E-state index in [0.29, 0.717) is 12.8 Å². The van der Waals surface area contributed by atoms with E-state index in [2.05, 4.69) is 4.98 Å². The summed E-state index contributed by atoms with van der Waals surface area (Å²) < 4.78 is 22.7. The van der Waals surface area contributed by atoms with Gasteiger partial charge in [0.05, 0.1) is 11.4 Å². The standard InChI is InChI=1S/C12H20N2O2S/c1-3-17(15,16)9-5-7-11(13)12-10(2)6-4-8-14-12/h4,6,8,11H,3,5,7,9,13H2,1-2H3. The van der Waals surface area contributed by atoms with Gasteiger partial charge in [0.2, 0.25) is 0 Å². The van der Waals surface area contributed by atoms with Gasteiger partial charge in [-0.2, -0.15) is 0 Å². The van der Waals surface area contributed by atoms with E-state index in [1.807, 2.05) is 19.1 Å². The lowest BCUT2D eigenvalue weighted by atomic mass is 10.1. The van der Waals surface area contributed by atoms with E-state index in [-0.39, 0.29) is 17.5 Å². The fraction of sp³-hybridized carbons (Fsp3) is 0.583. The van der Waals surface area contributed by atoms with Gasteiger partial charge >= 0.3 is 0 Å². The van der Waals surface area contributed by atoms with Gasteiger partial charge in [-0.25, -0.2) is 8.42 Å². The number of pyridine rings is 1. The van der Waals surface area contributed by atoms with Crippen molar-refractivity contribution in [3.63, 3.8) is 0 Å². The second kappa shape index (κ2) is 6.12. The van der Waals surface area contributed by atoms with Crippen LogP contribution in [-0.2, 0) is 9.84 Å². The van der Waals surface area contributed by atoms with Crippen LogP contribution in [0.25, 0.3) is 0 Å². The molecule has 96 valence electrons. The molecule has 0 aromatic carbocycles. The first kappa shape index (κ1) is 14.1. The Kier molecular flexibility index (Phi) is 5.08. The molecule has 0 saturated heterocycles. The topological polar surface area (TPSA) is 73.0 Å². The summed E-state index contributed by atoms with van der Waals surface area (Å²) in [6, 6.07) is 3.65. The molecule has 0 radical (unpaired) electrons. The molecule has 1 atom stereocenters. The first-order chi connectivity index (χ1) is 7.96. The van der Waals surface area contributed by atoms with Crippen molar-refractivity contribution in [2.75, 3.05) is 11.5 Å². The number of hydrogen-bond acceptors (Lipinski definition) is 4. The number of aromatic nitrogens is 1. The Balaban J connectivity index is 2.51. The molecule has 5 heteroatoms. The molecule has 0 spiro atoms. The highest BCUT2D eigenvalue weighted by atomic mass is 32.2. The van der Waals surface area contributed by atoms with E-state index in [1.54, 1.807) is 13.1 Å². The highest BCUT2D eigenvalue weighted by Gasteiger charge is 2.12. The van der Waals surface area contributed by atoms with Crippen LogP contribution in [0.15, 0.2) is 18.3 Å². The Morgan fingerprint density at radius 3 is 2.76 bits per heavy atom. The number of nitrogens with two attached hydrogens (primary N) is 1. The molecule has 0 aliphatic heterocycles. The van der Waals surface area contributed by atoms with E-state index >= 15 is 0 Å². The van der Waals surface area contributed by atoms with Crippen molar-refractivity contribution >= 4 is 9.84 Å². The second-order valence-electron chi connectivity index (χ2n) is 4.19. The highest BCUT2D eigenvalue weighted by molar-refractivity contribution is 7.91. The van der Waals surface area contributed by atoms with E-state index < -0.39 is 9.84 Å². The molecule has 0 saturated carbocycles. The van der Waals surface area contributed by atoms with Gasteiger partial charge in [-0.1, -0.05) is 13.0 Å². The Morgan fingerprint density at radius 1 is 1.47 bits per heavy atom. The molecule has 17 heavy (non-hydrogen) atoms. The van der Waals surface area contributed by atoms with Gasteiger partial charge in [0, 0.05) is 18.0 Å². The third-order valence-electron chi connectivity index (χ3n) is 2.81. The molecule has 1 rings (SSSR count). The molecule has 0 amide bonds. The van der Waals surface area contributed by atoms with Crippen LogP contribution in [0.4, 0.5) is 0 Å². The molecular formula is C12H20N2O2S. The number of nitrogens with zero attached hydrogens (tertiary/aromatic N) is 1. The Morgan fingerprint density at radius 2 is 2.18 bits per heavy atom. The number of rotatable bonds is 6. The Hall–Kier alpha value is -0.940. The van der Waals surface area contributed by atoms with Crippen LogP contribution in [0.5, 0.6) is 0 Å². The highest BCUT2D eigenvalue weighted by Crippen LogP contribution is 2.17. The van der Waals surface area contributed by atoms with Gasteiger partial charge in [-0.15, -0.1) is 0 Å². The predicted octanol–water partition coefficient (Wildman–Crippen LogP) is 1.60. The summed E-state index contributed by atoms with van der Waals surface area (Å²) in [4.78, 5) is 4.24. The second-order valence-corrected chi connectivity index (χ2v) is 6.66. The van der Waals surface area contributed by atoms with Crippen LogP contribution in [0.1, 0.15) is 37.1 Å². The molecule has 1 heterocycles. The molecule has 1 aromatic rings. The molecule has 2 N–H and O–H groups in total. The summed E-state index contributed by atoms with van der Waals surface area (Å²) in [5.41, 5.74) is 7.93. The third kappa shape index (κ3) is 4.44. The van der Waals surface area contributed by atoms with Gasteiger partial charge in [0.15, 0.2) is 0 Å². The van der Waals surface area contributed by atoms with Crippen molar-refractivity contribution in [2.45, 2.75) is 32.7 Å². The maximum atomic E-state index is 11.3. The minimum atomic E-state index is -2.88. The van der Waals surface area contributed by atoms with Crippen molar-refractivity contribution < 1.29 is 8.42 Å². The summed E-state index contributed by atoms with van der Waals surface area (Å²) in [5.74, 6) is 0.411. The average Bonchev–Trinajstić information content (AvgIpc) is 2.29. The summed E-state index contributed by atoms with van der Waals surface area (Å²) in [5, 5.41) is 0. The molecule has 1 unspecified atom stereocenters. The zero-order valence-corrected chi connectivity index (χ0v) is 11.2. The monoisotopic (exact) mass is 256 g/mol. The van der Waals surface area contributed by atoms with Gasteiger partial charge in [0.25, 0.3) is 0 Å². The lowest BCUT2D eigenvalue weighted by Gasteiger charge is -2.13.